The van der Waals surface area contributed by atoms with Crippen molar-refractivity contribution in [3.63, 3.8) is 0 Å². The van der Waals surface area contributed by atoms with Gasteiger partial charge in [0.2, 0.25) is 17.7 Å². The number of carbonyl (C=O) groups is 1. The highest BCUT2D eigenvalue weighted by Gasteiger charge is 2.22. The number of halogens is 2. The minimum Gasteiger partial charge on any atom is -0.480 e. The summed E-state index contributed by atoms with van der Waals surface area (Å²) < 4.78 is 11.2. The summed E-state index contributed by atoms with van der Waals surface area (Å²) in [6, 6.07) is 11.6. The molecule has 0 spiro atoms. The van der Waals surface area contributed by atoms with Crippen LogP contribution in [0.2, 0.25) is 10.0 Å². The van der Waals surface area contributed by atoms with Crippen LogP contribution in [0, 0.1) is 0 Å². The van der Waals surface area contributed by atoms with Crippen molar-refractivity contribution in [2.75, 3.05) is 33.9 Å². The topological polar surface area (TPSA) is 114 Å². The Hall–Kier alpha value is -3.83. The SMILES string of the molecule is COc1nc(-c2cccc(-c3cccc(-c4cnc(CN5CCCC5)c(OC)n4)c3Cl)c2Cl)cnc1CNC[C@@H]1CCC(=O)N1. The van der Waals surface area contributed by atoms with E-state index in [1.807, 2.05) is 36.4 Å². The van der Waals surface area contributed by atoms with Gasteiger partial charge in [0.1, 0.15) is 11.4 Å². The summed E-state index contributed by atoms with van der Waals surface area (Å²) in [6.07, 6.45) is 7.22. The molecule has 2 saturated heterocycles. The number of methoxy groups -OCH3 is 2. The van der Waals surface area contributed by atoms with Gasteiger partial charge < -0.3 is 20.1 Å². The van der Waals surface area contributed by atoms with Gasteiger partial charge in [0.25, 0.3) is 0 Å². The second-order valence-corrected chi connectivity index (χ2v) is 11.9. The molecular weight excluding hydrogens is 613 g/mol. The maximum atomic E-state index is 11.5. The largest absolute Gasteiger partial charge is 0.480 e. The van der Waals surface area contributed by atoms with Crippen LogP contribution in [0.15, 0.2) is 48.8 Å². The van der Waals surface area contributed by atoms with Gasteiger partial charge in [-0.25, -0.2) is 9.97 Å². The molecule has 2 fully saturated rings. The van der Waals surface area contributed by atoms with E-state index in [1.165, 1.54) is 12.8 Å². The highest BCUT2D eigenvalue weighted by atomic mass is 35.5. The molecular formula is C33H35Cl2N7O3. The van der Waals surface area contributed by atoms with Crippen LogP contribution in [0.1, 0.15) is 37.1 Å². The first-order chi connectivity index (χ1) is 21.9. The molecule has 1 atom stereocenters. The highest BCUT2D eigenvalue weighted by molar-refractivity contribution is 6.39. The van der Waals surface area contributed by atoms with Gasteiger partial charge in [-0.2, -0.15) is 0 Å². The maximum Gasteiger partial charge on any atom is 0.237 e. The number of aromatic nitrogens is 4. The number of hydrogen-bond acceptors (Lipinski definition) is 9. The Morgan fingerprint density at radius 3 is 1.98 bits per heavy atom. The van der Waals surface area contributed by atoms with Gasteiger partial charge in [-0.1, -0.05) is 59.6 Å². The number of benzene rings is 2. The molecule has 0 saturated carbocycles. The van der Waals surface area contributed by atoms with Crippen LogP contribution >= 0.6 is 23.2 Å². The molecule has 0 aliphatic carbocycles. The van der Waals surface area contributed by atoms with E-state index in [0.717, 1.165) is 41.9 Å². The summed E-state index contributed by atoms with van der Waals surface area (Å²) in [5.74, 6) is 0.988. The first-order valence-corrected chi connectivity index (χ1v) is 15.8. The molecule has 1 amide bonds. The first kappa shape index (κ1) is 31.2. The molecule has 2 aromatic carbocycles. The molecule has 0 bridgehead atoms. The van der Waals surface area contributed by atoms with Crippen molar-refractivity contribution in [3.05, 3.63) is 70.2 Å². The molecule has 2 aliphatic heterocycles. The number of ether oxygens (including phenoxy) is 2. The van der Waals surface area contributed by atoms with Crippen molar-refractivity contribution in [1.29, 1.82) is 0 Å². The van der Waals surface area contributed by atoms with Crippen molar-refractivity contribution in [2.24, 2.45) is 0 Å². The van der Waals surface area contributed by atoms with Gasteiger partial charge in [0.05, 0.1) is 48.0 Å². The number of likely N-dealkylation sites (tertiary alicyclic amines) is 1. The zero-order chi connectivity index (χ0) is 31.3. The fourth-order valence-corrected chi connectivity index (χ4v) is 6.48. The quantitative estimate of drug-likeness (QED) is 0.216. The Morgan fingerprint density at radius 1 is 0.867 bits per heavy atom. The van der Waals surface area contributed by atoms with E-state index in [9.17, 15) is 4.79 Å². The number of rotatable bonds is 11. The Kier molecular flexibility index (Phi) is 9.75. The molecule has 0 radical (unpaired) electrons. The summed E-state index contributed by atoms with van der Waals surface area (Å²) >= 11 is 14.1. The van der Waals surface area contributed by atoms with Crippen LogP contribution in [-0.2, 0) is 17.9 Å². The highest BCUT2D eigenvalue weighted by Crippen LogP contribution is 2.42. The average Bonchev–Trinajstić information content (AvgIpc) is 3.73. The average molecular weight is 649 g/mol. The smallest absolute Gasteiger partial charge is 0.237 e. The minimum atomic E-state index is 0.0893. The Bertz CT molecular complexity index is 1700. The van der Waals surface area contributed by atoms with Crippen LogP contribution in [0.3, 0.4) is 0 Å². The van der Waals surface area contributed by atoms with Crippen molar-refractivity contribution >= 4 is 29.1 Å². The van der Waals surface area contributed by atoms with E-state index in [0.29, 0.717) is 70.5 Å². The van der Waals surface area contributed by atoms with Crippen molar-refractivity contribution < 1.29 is 14.3 Å². The zero-order valence-corrected chi connectivity index (χ0v) is 26.8. The van der Waals surface area contributed by atoms with Crippen molar-refractivity contribution in [2.45, 2.75) is 44.8 Å². The monoisotopic (exact) mass is 647 g/mol. The summed E-state index contributed by atoms with van der Waals surface area (Å²) in [4.78, 5) is 32.7. The normalized spacial score (nSPS) is 16.6. The molecule has 0 unspecified atom stereocenters. The number of nitrogens with zero attached hydrogens (tertiary/aromatic N) is 5. The fraction of sp³-hybridized carbons (Fsp3) is 0.364. The summed E-state index contributed by atoms with van der Waals surface area (Å²) in [5, 5.41) is 7.28. The molecule has 4 aromatic rings. The molecule has 6 rings (SSSR count). The first-order valence-electron chi connectivity index (χ1n) is 15.1. The molecule has 4 heterocycles. The van der Waals surface area contributed by atoms with E-state index >= 15 is 0 Å². The lowest BCUT2D eigenvalue weighted by Gasteiger charge is -2.17. The summed E-state index contributed by atoms with van der Waals surface area (Å²) in [6.45, 7) is 3.92. The summed E-state index contributed by atoms with van der Waals surface area (Å²) in [7, 11) is 3.18. The second kappa shape index (κ2) is 14.1. The Morgan fingerprint density at radius 2 is 1.42 bits per heavy atom. The molecule has 234 valence electrons. The van der Waals surface area contributed by atoms with E-state index in [2.05, 4.69) is 20.5 Å². The van der Waals surface area contributed by atoms with E-state index in [4.69, 9.17) is 47.6 Å². The number of nitrogens with one attached hydrogen (secondary N) is 2. The lowest BCUT2D eigenvalue weighted by atomic mass is 9.98. The predicted octanol–water partition coefficient (Wildman–Crippen LogP) is 5.56. The van der Waals surface area contributed by atoms with Crippen LogP contribution in [-0.4, -0.2) is 70.6 Å². The zero-order valence-electron chi connectivity index (χ0n) is 25.3. The third-order valence-electron chi connectivity index (χ3n) is 8.19. The fourth-order valence-electron chi connectivity index (χ4n) is 5.83. The molecule has 10 nitrogen and oxygen atoms in total. The molecule has 12 heteroatoms. The number of hydrogen-bond donors (Lipinski definition) is 2. The van der Waals surface area contributed by atoms with Gasteiger partial charge in [0.15, 0.2) is 0 Å². The molecule has 45 heavy (non-hydrogen) atoms. The van der Waals surface area contributed by atoms with Gasteiger partial charge in [-0.3, -0.25) is 19.7 Å². The maximum absolute atomic E-state index is 11.5. The van der Waals surface area contributed by atoms with Gasteiger partial charge >= 0.3 is 0 Å². The molecule has 2 aliphatic rings. The number of carbonyl (C=O) groups excluding carboxylic acids is 1. The van der Waals surface area contributed by atoms with Crippen molar-refractivity contribution in [3.8, 4) is 45.4 Å². The van der Waals surface area contributed by atoms with Crippen molar-refractivity contribution in [1.82, 2.24) is 35.5 Å². The van der Waals surface area contributed by atoms with Crippen LogP contribution in [0.5, 0.6) is 11.8 Å². The minimum absolute atomic E-state index is 0.0893. The number of amides is 1. The Labute approximate surface area is 272 Å². The lowest BCUT2D eigenvalue weighted by molar-refractivity contribution is -0.119. The van der Waals surface area contributed by atoms with Gasteiger partial charge in [0, 0.05) is 54.4 Å². The lowest BCUT2D eigenvalue weighted by Crippen LogP contribution is -2.35. The van der Waals surface area contributed by atoms with E-state index in [1.54, 1.807) is 26.6 Å². The predicted molar refractivity (Wildman–Crippen MR) is 174 cm³/mol. The Balaban J connectivity index is 1.25. The van der Waals surface area contributed by atoms with E-state index in [-0.39, 0.29) is 11.9 Å². The van der Waals surface area contributed by atoms with Gasteiger partial charge in [-0.15, -0.1) is 0 Å². The second-order valence-electron chi connectivity index (χ2n) is 11.2. The van der Waals surface area contributed by atoms with Crippen LogP contribution in [0.25, 0.3) is 33.6 Å². The summed E-state index contributed by atoms with van der Waals surface area (Å²) in [5.41, 5.74) is 5.59. The van der Waals surface area contributed by atoms with Gasteiger partial charge in [-0.05, 0) is 32.4 Å². The molecule has 2 N–H and O–H groups in total. The van der Waals surface area contributed by atoms with Crippen LogP contribution < -0.4 is 20.1 Å². The van der Waals surface area contributed by atoms with Crippen LogP contribution in [0.4, 0.5) is 0 Å². The van der Waals surface area contributed by atoms with E-state index < -0.39 is 0 Å². The molecule has 2 aromatic heterocycles. The third-order valence-corrected chi connectivity index (χ3v) is 9.00. The standard InChI is InChI=1S/C33H35Cl2N7O3/c1-44-32-27(16-36-15-20-11-12-29(43)39-20)37-17-25(40-32)23-9-5-7-21(30(23)34)22-8-6-10-24(31(22)35)26-18-38-28(33(41-26)45-2)19-42-13-3-4-14-42/h5-10,17-18,20,36H,3-4,11-16,19H2,1-2H3,(H,39,43)/t20-/m0/s1. The third kappa shape index (κ3) is 6.89.